The number of hydrogen-bond donors (Lipinski definition) is 0. The van der Waals surface area contributed by atoms with Crippen LogP contribution >= 0.6 is 0 Å². The highest BCUT2D eigenvalue weighted by molar-refractivity contribution is 5.84. The molecule has 0 aromatic heterocycles. The lowest BCUT2D eigenvalue weighted by molar-refractivity contribution is 0.111. The zero-order valence-corrected chi connectivity index (χ0v) is 8.58. The third kappa shape index (κ3) is 2.04. The molecule has 16 heavy (non-hydrogen) atoms. The van der Waals surface area contributed by atoms with Crippen LogP contribution in [0.15, 0.2) is 12.1 Å². The van der Waals surface area contributed by atoms with Crippen molar-refractivity contribution in [3.05, 3.63) is 29.3 Å². The van der Waals surface area contributed by atoms with Gasteiger partial charge in [-0.25, -0.2) is 8.78 Å². The minimum Gasteiger partial charge on any atom is -0.378 e. The summed E-state index contributed by atoms with van der Waals surface area (Å²) in [5, 5.41) is 0. The predicted molar refractivity (Wildman–Crippen MR) is 54.8 cm³/mol. The highest BCUT2D eigenvalue weighted by Crippen LogP contribution is 2.23. The second-order valence-electron chi connectivity index (χ2n) is 3.54. The molecule has 0 unspecified atom stereocenters. The van der Waals surface area contributed by atoms with Crippen LogP contribution in [0.2, 0.25) is 0 Å². The molecule has 0 atom stereocenters. The van der Waals surface area contributed by atoms with Gasteiger partial charge in [-0.2, -0.15) is 0 Å². The fraction of sp³-hybridized carbons (Fsp3) is 0.364. The van der Waals surface area contributed by atoms with Crippen LogP contribution in [0.25, 0.3) is 0 Å². The summed E-state index contributed by atoms with van der Waals surface area (Å²) in [5.41, 5.74) is 0.595. The molecule has 0 aliphatic carbocycles. The molecule has 0 bridgehead atoms. The number of halogens is 2. The Morgan fingerprint density at radius 1 is 1.19 bits per heavy atom. The fourth-order valence-corrected chi connectivity index (χ4v) is 1.72. The summed E-state index contributed by atoms with van der Waals surface area (Å²) in [4.78, 5) is 12.6. The zero-order valence-electron chi connectivity index (χ0n) is 8.58. The first-order chi connectivity index (χ1) is 7.72. The van der Waals surface area contributed by atoms with Crippen molar-refractivity contribution in [3.63, 3.8) is 0 Å². The van der Waals surface area contributed by atoms with Crippen LogP contribution in [0.3, 0.4) is 0 Å². The quantitative estimate of drug-likeness (QED) is 0.719. The van der Waals surface area contributed by atoms with Crippen molar-refractivity contribution in [3.8, 4) is 0 Å². The summed E-state index contributed by atoms with van der Waals surface area (Å²) in [6, 6.07) is 1.98. The van der Waals surface area contributed by atoms with Gasteiger partial charge in [-0.15, -0.1) is 0 Å². The van der Waals surface area contributed by atoms with Crippen molar-refractivity contribution in [2.75, 3.05) is 31.2 Å². The van der Waals surface area contributed by atoms with Gasteiger partial charge in [-0.05, 0) is 6.07 Å². The first kappa shape index (κ1) is 11.0. The first-order valence-corrected chi connectivity index (χ1v) is 4.99. The Morgan fingerprint density at radius 2 is 1.81 bits per heavy atom. The molecule has 0 spiro atoms. The molecule has 1 saturated heterocycles. The van der Waals surface area contributed by atoms with Gasteiger partial charge in [0.05, 0.1) is 18.9 Å². The minimum atomic E-state index is -1.00. The van der Waals surface area contributed by atoms with Crippen LogP contribution < -0.4 is 4.90 Å². The van der Waals surface area contributed by atoms with E-state index in [2.05, 4.69) is 0 Å². The number of carbonyl (C=O) groups is 1. The van der Waals surface area contributed by atoms with E-state index in [1.807, 2.05) is 4.90 Å². The normalized spacial score (nSPS) is 16.2. The number of anilines is 1. The molecule has 86 valence electrons. The van der Waals surface area contributed by atoms with Crippen molar-refractivity contribution >= 4 is 12.0 Å². The second-order valence-corrected chi connectivity index (χ2v) is 3.54. The topological polar surface area (TPSA) is 29.5 Å². The number of benzene rings is 1. The van der Waals surface area contributed by atoms with Gasteiger partial charge in [0.15, 0.2) is 17.9 Å². The molecule has 0 radical (unpaired) electrons. The van der Waals surface area contributed by atoms with E-state index < -0.39 is 11.6 Å². The molecule has 1 aromatic carbocycles. The zero-order chi connectivity index (χ0) is 11.5. The molecule has 5 heteroatoms. The van der Waals surface area contributed by atoms with Gasteiger partial charge in [0.2, 0.25) is 0 Å². The van der Waals surface area contributed by atoms with Gasteiger partial charge in [-0.1, -0.05) is 0 Å². The standard InChI is InChI=1S/C11H11F2NO2/c12-9-5-8(7-15)11(6-10(9)13)14-1-3-16-4-2-14/h5-7H,1-4H2. The van der Waals surface area contributed by atoms with Gasteiger partial charge in [0.1, 0.15) is 0 Å². The van der Waals surface area contributed by atoms with Gasteiger partial charge < -0.3 is 9.64 Å². The van der Waals surface area contributed by atoms with E-state index in [-0.39, 0.29) is 5.56 Å². The maximum atomic E-state index is 13.1. The Morgan fingerprint density at radius 3 is 2.44 bits per heavy atom. The van der Waals surface area contributed by atoms with Crippen molar-refractivity contribution in [2.45, 2.75) is 0 Å². The van der Waals surface area contributed by atoms with E-state index in [0.717, 1.165) is 12.1 Å². The van der Waals surface area contributed by atoms with Crippen LogP contribution in [-0.2, 0) is 4.74 Å². The van der Waals surface area contributed by atoms with Crippen LogP contribution in [0, 0.1) is 11.6 Å². The lowest BCUT2D eigenvalue weighted by Gasteiger charge is -2.29. The Balaban J connectivity index is 2.37. The molecule has 0 amide bonds. The molecule has 1 aromatic rings. The summed E-state index contributed by atoms with van der Waals surface area (Å²) in [5.74, 6) is -1.94. The Labute approximate surface area is 91.6 Å². The molecule has 1 aliphatic rings. The van der Waals surface area contributed by atoms with Gasteiger partial charge >= 0.3 is 0 Å². The van der Waals surface area contributed by atoms with Crippen LogP contribution in [0.5, 0.6) is 0 Å². The molecule has 1 fully saturated rings. The number of hydrogen-bond acceptors (Lipinski definition) is 3. The summed E-state index contributed by atoms with van der Waals surface area (Å²) >= 11 is 0. The van der Waals surface area contributed by atoms with Crippen molar-refractivity contribution in [2.24, 2.45) is 0 Å². The lowest BCUT2D eigenvalue weighted by atomic mass is 10.1. The van der Waals surface area contributed by atoms with Gasteiger partial charge in [0.25, 0.3) is 0 Å². The Bertz CT molecular complexity index is 403. The van der Waals surface area contributed by atoms with Crippen LogP contribution in [-0.4, -0.2) is 32.6 Å². The highest BCUT2D eigenvalue weighted by Gasteiger charge is 2.17. The number of morpholine rings is 1. The lowest BCUT2D eigenvalue weighted by Crippen LogP contribution is -2.36. The number of aldehydes is 1. The highest BCUT2D eigenvalue weighted by atomic mass is 19.2. The smallest absolute Gasteiger partial charge is 0.160 e. The molecule has 1 heterocycles. The number of carbonyl (C=O) groups excluding carboxylic acids is 1. The van der Waals surface area contributed by atoms with Gasteiger partial charge in [-0.3, -0.25) is 4.79 Å². The van der Waals surface area contributed by atoms with E-state index in [0.29, 0.717) is 38.3 Å². The van der Waals surface area contributed by atoms with Crippen LogP contribution in [0.1, 0.15) is 10.4 Å². The number of nitrogens with zero attached hydrogens (tertiary/aromatic N) is 1. The summed E-state index contributed by atoms with van der Waals surface area (Å²) < 4.78 is 31.2. The minimum absolute atomic E-state index is 0.167. The summed E-state index contributed by atoms with van der Waals surface area (Å²) in [6.45, 7) is 2.20. The molecule has 2 rings (SSSR count). The Hall–Kier alpha value is -1.49. The molecule has 1 aliphatic heterocycles. The average molecular weight is 227 g/mol. The third-order valence-corrected chi connectivity index (χ3v) is 2.55. The van der Waals surface area contributed by atoms with Crippen molar-refractivity contribution in [1.29, 1.82) is 0 Å². The van der Waals surface area contributed by atoms with Crippen molar-refractivity contribution < 1.29 is 18.3 Å². The summed E-state index contributed by atoms with van der Waals surface area (Å²) in [7, 11) is 0. The van der Waals surface area contributed by atoms with E-state index in [9.17, 15) is 13.6 Å². The van der Waals surface area contributed by atoms with E-state index in [1.54, 1.807) is 0 Å². The van der Waals surface area contributed by atoms with E-state index in [1.165, 1.54) is 0 Å². The van der Waals surface area contributed by atoms with Crippen molar-refractivity contribution in [1.82, 2.24) is 0 Å². The second kappa shape index (κ2) is 4.57. The Kier molecular flexibility index (Phi) is 3.14. The SMILES string of the molecule is O=Cc1cc(F)c(F)cc1N1CCOCC1. The number of ether oxygens (including phenoxy) is 1. The van der Waals surface area contributed by atoms with Gasteiger partial charge in [0, 0.05) is 24.7 Å². The molecule has 3 nitrogen and oxygen atoms in total. The monoisotopic (exact) mass is 227 g/mol. The van der Waals surface area contributed by atoms with E-state index in [4.69, 9.17) is 4.74 Å². The third-order valence-electron chi connectivity index (χ3n) is 2.55. The first-order valence-electron chi connectivity index (χ1n) is 4.99. The molecule has 0 saturated carbocycles. The summed E-state index contributed by atoms with van der Waals surface area (Å²) in [6.07, 6.45) is 0.535. The number of rotatable bonds is 2. The fourth-order valence-electron chi connectivity index (χ4n) is 1.72. The van der Waals surface area contributed by atoms with E-state index >= 15 is 0 Å². The predicted octanol–water partition coefficient (Wildman–Crippen LogP) is 1.61. The molecule has 0 N–H and O–H groups in total. The van der Waals surface area contributed by atoms with Crippen LogP contribution in [0.4, 0.5) is 14.5 Å². The maximum Gasteiger partial charge on any atom is 0.160 e. The molecular formula is C11H11F2NO2. The largest absolute Gasteiger partial charge is 0.378 e. The maximum absolute atomic E-state index is 13.1. The average Bonchev–Trinajstić information content (AvgIpc) is 2.33. The molecular weight excluding hydrogens is 216 g/mol.